The fraction of sp³-hybridized carbons (Fsp3) is 0.542. The smallest absolute Gasteiger partial charge is 0.191 e. The van der Waals surface area contributed by atoms with Crippen LogP contribution in [0.25, 0.3) is 0 Å². The van der Waals surface area contributed by atoms with Gasteiger partial charge in [0.25, 0.3) is 0 Å². The third-order valence-electron chi connectivity index (χ3n) is 5.60. The van der Waals surface area contributed by atoms with Crippen molar-refractivity contribution in [3.63, 3.8) is 0 Å². The normalized spacial score (nSPS) is 17.4. The molecule has 0 amide bonds. The Morgan fingerprint density at radius 3 is 2.48 bits per heavy atom. The van der Waals surface area contributed by atoms with Gasteiger partial charge >= 0.3 is 0 Å². The summed E-state index contributed by atoms with van der Waals surface area (Å²) in [5.41, 5.74) is 0.186. The Morgan fingerprint density at radius 2 is 1.84 bits per heavy atom. The summed E-state index contributed by atoms with van der Waals surface area (Å²) >= 11 is 0. The Morgan fingerprint density at radius 1 is 1.10 bits per heavy atom. The predicted molar refractivity (Wildman–Crippen MR) is 127 cm³/mol. The summed E-state index contributed by atoms with van der Waals surface area (Å²) in [4.78, 5) is 9.54. The quantitative estimate of drug-likeness (QED) is 0.324. The monoisotopic (exact) mass is 427 g/mol. The van der Waals surface area contributed by atoms with Crippen molar-refractivity contribution in [2.45, 2.75) is 32.8 Å². The van der Waals surface area contributed by atoms with Gasteiger partial charge in [0.05, 0.1) is 6.54 Å². The minimum atomic E-state index is -1.13. The zero-order chi connectivity index (χ0) is 22.1. The molecule has 1 aliphatic heterocycles. The second-order valence-corrected chi connectivity index (χ2v) is 8.32. The maximum Gasteiger partial charge on any atom is 0.191 e. The lowest BCUT2D eigenvalue weighted by Gasteiger charge is -2.36. The Balaban J connectivity index is 1.39. The Kier molecular flexibility index (Phi) is 8.37. The molecule has 0 bridgehead atoms. The third kappa shape index (κ3) is 7.01. The van der Waals surface area contributed by atoms with Crippen molar-refractivity contribution in [3.8, 4) is 0 Å². The molecule has 0 aliphatic carbocycles. The average Bonchev–Trinajstić information content (AvgIpc) is 3.23. The number of rotatable bonds is 9. The molecule has 3 rings (SSSR count). The Bertz CT molecular complexity index is 810. The van der Waals surface area contributed by atoms with E-state index >= 15 is 0 Å². The van der Waals surface area contributed by atoms with E-state index in [4.69, 9.17) is 4.42 Å². The first-order chi connectivity index (χ1) is 15.0. The number of nitrogens with zero attached hydrogens (tertiary/aromatic N) is 3. The lowest BCUT2D eigenvalue weighted by Crippen LogP contribution is -2.47. The van der Waals surface area contributed by atoms with Gasteiger partial charge in [-0.15, -0.1) is 0 Å². The van der Waals surface area contributed by atoms with Crippen LogP contribution in [0.1, 0.15) is 31.8 Å². The van der Waals surface area contributed by atoms with Gasteiger partial charge in [-0.05, 0) is 58.0 Å². The summed E-state index contributed by atoms with van der Waals surface area (Å²) in [5, 5.41) is 17.3. The van der Waals surface area contributed by atoms with Crippen LogP contribution in [-0.4, -0.2) is 68.3 Å². The molecule has 0 saturated carbocycles. The molecule has 1 aliphatic rings. The highest BCUT2D eigenvalue weighted by Crippen LogP contribution is 2.23. The van der Waals surface area contributed by atoms with E-state index in [1.165, 1.54) is 5.69 Å². The summed E-state index contributed by atoms with van der Waals surface area (Å²) < 4.78 is 5.57. The molecule has 0 spiro atoms. The highest BCUT2D eigenvalue weighted by molar-refractivity contribution is 5.79. The van der Waals surface area contributed by atoms with Crippen LogP contribution in [0.3, 0.4) is 0 Å². The van der Waals surface area contributed by atoms with E-state index in [0.29, 0.717) is 5.76 Å². The van der Waals surface area contributed by atoms with E-state index in [9.17, 15) is 5.11 Å². The maximum atomic E-state index is 10.7. The van der Waals surface area contributed by atoms with Crippen molar-refractivity contribution < 1.29 is 9.52 Å². The highest BCUT2D eigenvalue weighted by Gasteiger charge is 2.26. The van der Waals surface area contributed by atoms with Crippen molar-refractivity contribution in [1.29, 1.82) is 0 Å². The van der Waals surface area contributed by atoms with Gasteiger partial charge in [0.15, 0.2) is 5.96 Å². The molecule has 2 aromatic rings. The van der Waals surface area contributed by atoms with E-state index in [1.807, 2.05) is 26.0 Å². The van der Waals surface area contributed by atoms with Crippen LogP contribution < -0.4 is 15.5 Å². The summed E-state index contributed by atoms with van der Waals surface area (Å²) in [6.45, 7) is 12.9. The molecule has 2 heterocycles. The molecule has 7 nitrogen and oxygen atoms in total. The number of aryl methyl sites for hydroxylation is 1. The molecular formula is C24H37N5O2. The zero-order valence-electron chi connectivity index (χ0n) is 19.1. The highest BCUT2D eigenvalue weighted by atomic mass is 16.4. The van der Waals surface area contributed by atoms with Gasteiger partial charge in [-0.2, -0.15) is 0 Å². The fourth-order valence-electron chi connectivity index (χ4n) is 3.75. The van der Waals surface area contributed by atoms with E-state index in [-0.39, 0.29) is 6.54 Å². The van der Waals surface area contributed by atoms with E-state index in [2.05, 4.69) is 55.8 Å². The van der Waals surface area contributed by atoms with Crippen LogP contribution in [-0.2, 0) is 5.60 Å². The van der Waals surface area contributed by atoms with Crippen LogP contribution in [0.4, 0.5) is 5.69 Å². The van der Waals surface area contributed by atoms with Crippen LogP contribution in [0.2, 0.25) is 0 Å². The third-order valence-corrected chi connectivity index (χ3v) is 5.60. The summed E-state index contributed by atoms with van der Waals surface area (Å²) in [7, 11) is 0. The second-order valence-electron chi connectivity index (χ2n) is 8.32. The molecule has 1 aromatic carbocycles. The largest absolute Gasteiger partial charge is 0.463 e. The van der Waals surface area contributed by atoms with E-state index in [1.54, 1.807) is 6.92 Å². The van der Waals surface area contributed by atoms with Crippen molar-refractivity contribution >= 4 is 11.6 Å². The van der Waals surface area contributed by atoms with E-state index < -0.39 is 5.60 Å². The van der Waals surface area contributed by atoms with Crippen LogP contribution >= 0.6 is 0 Å². The number of benzene rings is 1. The predicted octanol–water partition coefficient (Wildman–Crippen LogP) is 2.56. The lowest BCUT2D eigenvalue weighted by atomic mass is 10.0. The number of hydrogen-bond acceptors (Lipinski definition) is 5. The molecule has 170 valence electrons. The molecular weight excluding hydrogens is 390 g/mol. The van der Waals surface area contributed by atoms with Gasteiger partial charge in [0.2, 0.25) is 0 Å². The zero-order valence-corrected chi connectivity index (χ0v) is 19.1. The molecule has 1 fully saturated rings. The number of guanidine groups is 1. The van der Waals surface area contributed by atoms with Crippen molar-refractivity contribution in [2.75, 3.05) is 57.3 Å². The minimum absolute atomic E-state index is 0.233. The molecule has 1 unspecified atom stereocenters. The molecule has 1 saturated heterocycles. The van der Waals surface area contributed by atoms with Gasteiger partial charge in [-0.3, -0.25) is 4.90 Å². The number of nitrogens with one attached hydrogen (secondary N) is 2. The maximum absolute atomic E-state index is 10.7. The SMILES string of the molecule is CCNC(=NCC(C)(O)c1ccc(C)o1)NCCCN1CCN(c2ccccc2)CC1. The van der Waals surface area contributed by atoms with Crippen molar-refractivity contribution in [1.82, 2.24) is 15.5 Å². The van der Waals surface area contributed by atoms with E-state index in [0.717, 1.165) is 64.0 Å². The number of hydrogen-bond donors (Lipinski definition) is 3. The number of aliphatic imine (C=N–C) groups is 1. The summed E-state index contributed by atoms with van der Waals surface area (Å²) in [6, 6.07) is 14.3. The van der Waals surface area contributed by atoms with Crippen molar-refractivity contribution in [3.05, 3.63) is 54.0 Å². The van der Waals surface area contributed by atoms with Crippen molar-refractivity contribution in [2.24, 2.45) is 4.99 Å². The molecule has 7 heteroatoms. The number of aliphatic hydroxyl groups is 1. The molecule has 0 radical (unpaired) electrons. The Hall–Kier alpha value is -2.51. The number of piperazine rings is 1. The first kappa shape index (κ1) is 23.2. The van der Waals surface area contributed by atoms with Gasteiger partial charge in [0.1, 0.15) is 17.1 Å². The van der Waals surface area contributed by atoms with Crippen LogP contribution in [0.15, 0.2) is 51.9 Å². The molecule has 1 aromatic heterocycles. The second kappa shape index (κ2) is 11.2. The number of furan rings is 1. The number of anilines is 1. The molecule has 3 N–H and O–H groups in total. The topological polar surface area (TPSA) is 76.3 Å². The van der Waals surface area contributed by atoms with Crippen LogP contribution in [0.5, 0.6) is 0 Å². The first-order valence-corrected chi connectivity index (χ1v) is 11.3. The Labute approximate surface area is 186 Å². The number of para-hydroxylation sites is 1. The summed E-state index contributed by atoms with van der Waals surface area (Å²) in [5.74, 6) is 2.05. The molecule has 31 heavy (non-hydrogen) atoms. The minimum Gasteiger partial charge on any atom is -0.463 e. The van der Waals surface area contributed by atoms with Gasteiger partial charge < -0.3 is 25.1 Å². The standard InChI is InChI=1S/C24H37N5O2/c1-4-25-23(27-19-24(3,30)22-12-11-20(2)31-22)26-13-8-14-28-15-17-29(18-16-28)21-9-6-5-7-10-21/h5-7,9-12,30H,4,8,13-19H2,1-3H3,(H2,25,26,27). The fourth-order valence-corrected chi connectivity index (χ4v) is 3.75. The van der Waals surface area contributed by atoms with Crippen LogP contribution in [0, 0.1) is 6.92 Å². The average molecular weight is 428 g/mol. The first-order valence-electron chi connectivity index (χ1n) is 11.3. The van der Waals surface area contributed by atoms with Gasteiger partial charge in [0, 0.05) is 45.0 Å². The van der Waals surface area contributed by atoms with Gasteiger partial charge in [-0.1, -0.05) is 18.2 Å². The summed E-state index contributed by atoms with van der Waals surface area (Å²) in [6.07, 6.45) is 1.05. The molecule has 1 atom stereocenters. The van der Waals surface area contributed by atoms with Gasteiger partial charge in [-0.25, -0.2) is 4.99 Å². The lowest BCUT2D eigenvalue weighted by molar-refractivity contribution is 0.0428.